The molecule has 1 amide bonds. The number of amides is 1. The van der Waals surface area contributed by atoms with Gasteiger partial charge in [0.1, 0.15) is 6.04 Å². The lowest BCUT2D eigenvalue weighted by Crippen LogP contribution is -2.31. The minimum absolute atomic E-state index is 0.166. The summed E-state index contributed by atoms with van der Waals surface area (Å²) >= 11 is 1.53. The summed E-state index contributed by atoms with van der Waals surface area (Å²) in [7, 11) is 4.60. The first-order valence-electron chi connectivity index (χ1n) is 11.5. The van der Waals surface area contributed by atoms with Gasteiger partial charge in [-0.3, -0.25) is 9.59 Å². The highest BCUT2D eigenvalue weighted by molar-refractivity contribution is 7.98. The fraction of sp³-hybridized carbons (Fsp3) is 0.423. The van der Waals surface area contributed by atoms with Gasteiger partial charge in [-0.25, -0.2) is 4.79 Å². The van der Waals surface area contributed by atoms with Gasteiger partial charge >= 0.3 is 5.97 Å². The summed E-state index contributed by atoms with van der Waals surface area (Å²) in [4.78, 5) is 37.1. The standard InChI is InChI=1S/C26H32N2O7S/c1-14(29)27-18-8-6-15-12-22(33-2)24(34-3)25(35-4)23(15)16-7-9-19(21(30)13-17(16)18)28-20(26(31)32)10-11-36-5/h7,9,12-13,18,20H,6,8,10-11H2,1-5H3,(H,27,29)(H,28,30)(H,31,32)/t18-,20+/m0/s1. The van der Waals surface area contributed by atoms with Gasteiger partial charge in [0.15, 0.2) is 11.5 Å². The molecule has 0 unspecified atom stereocenters. The number of carboxylic acid groups (broad SMARTS) is 1. The molecule has 10 heteroatoms. The van der Waals surface area contributed by atoms with Gasteiger partial charge in [-0.2, -0.15) is 11.8 Å². The van der Waals surface area contributed by atoms with Crippen molar-refractivity contribution in [3.8, 4) is 28.4 Å². The molecule has 0 fully saturated rings. The second kappa shape index (κ2) is 12.0. The predicted molar refractivity (Wildman–Crippen MR) is 141 cm³/mol. The summed E-state index contributed by atoms with van der Waals surface area (Å²) in [6.45, 7) is 1.43. The molecule has 1 aliphatic rings. The van der Waals surface area contributed by atoms with Crippen LogP contribution in [0.3, 0.4) is 0 Å². The second-order valence-corrected chi connectivity index (χ2v) is 9.40. The number of thioether (sulfide) groups is 1. The van der Waals surface area contributed by atoms with E-state index in [-0.39, 0.29) is 17.0 Å². The minimum Gasteiger partial charge on any atom is -0.493 e. The predicted octanol–water partition coefficient (Wildman–Crippen LogP) is 3.48. The van der Waals surface area contributed by atoms with E-state index < -0.39 is 18.1 Å². The number of hydrogen-bond acceptors (Lipinski definition) is 8. The molecule has 3 rings (SSSR count). The van der Waals surface area contributed by atoms with E-state index in [2.05, 4.69) is 10.6 Å². The Balaban J connectivity index is 2.28. The molecule has 2 atom stereocenters. The third-order valence-electron chi connectivity index (χ3n) is 6.15. The largest absolute Gasteiger partial charge is 0.493 e. The van der Waals surface area contributed by atoms with Crippen molar-refractivity contribution >= 4 is 29.3 Å². The summed E-state index contributed by atoms with van der Waals surface area (Å²) in [6, 6.07) is 5.35. The molecule has 0 aromatic heterocycles. The third kappa shape index (κ3) is 5.70. The topological polar surface area (TPSA) is 123 Å². The number of anilines is 1. The van der Waals surface area contributed by atoms with E-state index in [1.165, 1.54) is 39.0 Å². The monoisotopic (exact) mass is 516 g/mol. The van der Waals surface area contributed by atoms with Gasteiger partial charge in [-0.15, -0.1) is 0 Å². The van der Waals surface area contributed by atoms with E-state index in [9.17, 15) is 19.5 Å². The van der Waals surface area contributed by atoms with Crippen molar-refractivity contribution in [2.24, 2.45) is 0 Å². The van der Waals surface area contributed by atoms with Gasteiger partial charge in [0.25, 0.3) is 0 Å². The molecule has 9 nitrogen and oxygen atoms in total. The van der Waals surface area contributed by atoms with Crippen LogP contribution in [0.2, 0.25) is 0 Å². The number of carbonyl (C=O) groups excluding carboxylic acids is 1. The Morgan fingerprint density at radius 2 is 1.86 bits per heavy atom. The Labute approximate surface area is 214 Å². The minimum atomic E-state index is -1.03. The zero-order valence-electron chi connectivity index (χ0n) is 21.1. The number of aliphatic carboxylic acids is 1. The van der Waals surface area contributed by atoms with Gasteiger partial charge in [-0.1, -0.05) is 6.07 Å². The number of hydrogen-bond donors (Lipinski definition) is 3. The number of benzene rings is 1. The zero-order valence-corrected chi connectivity index (χ0v) is 21.9. The van der Waals surface area contributed by atoms with E-state index in [1.54, 1.807) is 19.2 Å². The Kier molecular flexibility index (Phi) is 9.08. The van der Waals surface area contributed by atoms with Crippen LogP contribution in [-0.4, -0.2) is 56.4 Å². The van der Waals surface area contributed by atoms with Crippen LogP contribution in [0, 0.1) is 0 Å². The van der Waals surface area contributed by atoms with Gasteiger partial charge in [0, 0.05) is 12.5 Å². The highest BCUT2D eigenvalue weighted by Gasteiger charge is 2.29. The maximum atomic E-state index is 13.3. The molecule has 0 radical (unpaired) electrons. The van der Waals surface area contributed by atoms with E-state index in [0.717, 1.165) is 11.1 Å². The van der Waals surface area contributed by atoms with Crippen molar-refractivity contribution in [2.75, 3.05) is 38.7 Å². The van der Waals surface area contributed by atoms with Crippen LogP contribution in [0.1, 0.15) is 36.9 Å². The lowest BCUT2D eigenvalue weighted by atomic mass is 9.95. The van der Waals surface area contributed by atoms with Crippen LogP contribution < -0.4 is 30.3 Å². The summed E-state index contributed by atoms with van der Waals surface area (Å²) in [5.74, 6) is 0.754. The van der Waals surface area contributed by atoms with Crippen LogP contribution in [0.25, 0.3) is 11.1 Å². The average Bonchev–Trinajstić information content (AvgIpc) is 3.09. The molecule has 0 bridgehead atoms. The number of rotatable bonds is 10. The Morgan fingerprint density at radius 1 is 1.14 bits per heavy atom. The van der Waals surface area contributed by atoms with Gasteiger partial charge in [0.2, 0.25) is 17.1 Å². The highest BCUT2D eigenvalue weighted by atomic mass is 32.2. The summed E-state index contributed by atoms with van der Waals surface area (Å²) < 4.78 is 16.9. The van der Waals surface area contributed by atoms with Crippen LogP contribution >= 0.6 is 11.8 Å². The number of ether oxygens (including phenoxy) is 3. The lowest BCUT2D eigenvalue weighted by Gasteiger charge is -2.19. The Morgan fingerprint density at radius 3 is 2.44 bits per heavy atom. The Bertz CT molecular complexity index is 1200. The second-order valence-electron chi connectivity index (χ2n) is 8.41. The van der Waals surface area contributed by atoms with Crippen LogP contribution in [-0.2, 0) is 16.0 Å². The SMILES string of the molecule is COc1cc2c(c(OC)c1OC)-c1ccc(N[C@H](CCSC)C(=O)O)c(=O)cc1[C@@H](NC(C)=O)CC2. The van der Waals surface area contributed by atoms with Crippen molar-refractivity contribution in [3.05, 3.63) is 45.6 Å². The number of fused-ring (bicyclic) bond motifs is 3. The molecule has 0 aliphatic heterocycles. The number of carboxylic acids is 1. The van der Waals surface area contributed by atoms with Crippen LogP contribution in [0.15, 0.2) is 29.1 Å². The van der Waals surface area contributed by atoms with Crippen molar-refractivity contribution in [3.63, 3.8) is 0 Å². The highest BCUT2D eigenvalue weighted by Crippen LogP contribution is 2.50. The fourth-order valence-electron chi connectivity index (χ4n) is 4.51. The molecular weight excluding hydrogens is 484 g/mol. The molecule has 0 heterocycles. The van der Waals surface area contributed by atoms with Gasteiger partial charge < -0.3 is 30.0 Å². The zero-order chi connectivity index (χ0) is 26.4. The van der Waals surface area contributed by atoms with E-state index in [1.807, 2.05) is 12.3 Å². The van der Waals surface area contributed by atoms with Gasteiger partial charge in [-0.05, 0) is 66.2 Å². The average molecular weight is 517 g/mol. The molecule has 36 heavy (non-hydrogen) atoms. The van der Waals surface area contributed by atoms with Gasteiger partial charge in [0.05, 0.1) is 33.1 Å². The summed E-state index contributed by atoms with van der Waals surface area (Å²) in [5.41, 5.74) is 2.74. The molecule has 2 aromatic carbocycles. The molecule has 3 N–H and O–H groups in total. The van der Waals surface area contributed by atoms with Crippen LogP contribution in [0.5, 0.6) is 17.2 Å². The molecule has 0 spiro atoms. The molecular formula is C26H32N2O7S. The van der Waals surface area contributed by atoms with Crippen LogP contribution in [0.4, 0.5) is 5.69 Å². The molecule has 1 aliphatic carbocycles. The van der Waals surface area contributed by atoms with E-state index in [0.29, 0.717) is 53.4 Å². The number of carbonyl (C=O) groups is 2. The lowest BCUT2D eigenvalue weighted by molar-refractivity contribution is -0.138. The van der Waals surface area contributed by atoms with Crippen molar-refractivity contribution < 1.29 is 28.9 Å². The van der Waals surface area contributed by atoms with Crippen molar-refractivity contribution in [1.82, 2.24) is 5.32 Å². The van der Waals surface area contributed by atoms with Crippen molar-refractivity contribution in [1.29, 1.82) is 0 Å². The van der Waals surface area contributed by atoms with E-state index >= 15 is 0 Å². The number of nitrogens with one attached hydrogen (secondary N) is 2. The smallest absolute Gasteiger partial charge is 0.326 e. The fourth-order valence-corrected chi connectivity index (χ4v) is 4.98. The third-order valence-corrected chi connectivity index (χ3v) is 6.80. The number of methoxy groups -OCH3 is 3. The first kappa shape index (κ1) is 27.2. The summed E-state index contributed by atoms with van der Waals surface area (Å²) in [6.07, 6.45) is 3.38. The first-order valence-corrected chi connectivity index (χ1v) is 12.9. The van der Waals surface area contributed by atoms with E-state index in [4.69, 9.17) is 14.2 Å². The summed E-state index contributed by atoms with van der Waals surface area (Å²) in [5, 5.41) is 15.5. The maximum absolute atomic E-state index is 13.3. The quantitative estimate of drug-likeness (QED) is 0.435. The Hall–Kier alpha value is -3.40. The number of aryl methyl sites for hydroxylation is 1. The first-order chi connectivity index (χ1) is 17.2. The molecule has 0 saturated heterocycles. The molecule has 0 saturated carbocycles. The maximum Gasteiger partial charge on any atom is 0.326 e. The normalized spacial score (nSPS) is 15.0. The molecule has 2 aromatic rings. The molecule has 194 valence electrons. The van der Waals surface area contributed by atoms with Crippen molar-refractivity contribution in [2.45, 2.75) is 38.3 Å².